The van der Waals surface area contributed by atoms with Gasteiger partial charge in [-0.1, -0.05) is 26.0 Å². The fourth-order valence-corrected chi connectivity index (χ4v) is 2.57. The lowest BCUT2D eigenvalue weighted by Crippen LogP contribution is -2.25. The van der Waals surface area contributed by atoms with Crippen LogP contribution < -0.4 is 0 Å². The summed E-state index contributed by atoms with van der Waals surface area (Å²) in [6.07, 6.45) is 8.04. The van der Waals surface area contributed by atoms with Crippen molar-refractivity contribution in [1.82, 2.24) is 0 Å². The predicted octanol–water partition coefficient (Wildman–Crippen LogP) is 2.73. The van der Waals surface area contributed by atoms with E-state index in [9.17, 15) is 4.79 Å². The fourth-order valence-electron chi connectivity index (χ4n) is 2.57. The van der Waals surface area contributed by atoms with Crippen molar-refractivity contribution in [3.63, 3.8) is 0 Å². The van der Waals surface area contributed by atoms with E-state index in [4.69, 9.17) is 0 Å². The van der Waals surface area contributed by atoms with E-state index in [0.29, 0.717) is 23.5 Å². The molecule has 0 N–H and O–H groups in total. The standard InChI is InChI=1S/C12H16O/c1-8-5-9(2)12-7-11(13)4-3-10(12)6-8/h3-4,6,8-9,12H,5,7H2,1-2H3/t8-,9+,12-/m1/s1. The minimum atomic E-state index is 0.295. The van der Waals surface area contributed by atoms with Crippen LogP contribution in [0.15, 0.2) is 23.8 Å². The molecule has 0 unspecified atom stereocenters. The third-order valence-corrected chi connectivity index (χ3v) is 3.22. The normalized spacial score (nSPS) is 38.5. The van der Waals surface area contributed by atoms with E-state index in [1.54, 1.807) is 6.08 Å². The number of ketones is 1. The Morgan fingerprint density at radius 2 is 2.08 bits per heavy atom. The maximum absolute atomic E-state index is 11.2. The largest absolute Gasteiger partial charge is 0.295 e. The SMILES string of the molecule is C[C@H]1C=C2C=CC(=O)C[C@@H]2[C@@H](C)C1. The highest BCUT2D eigenvalue weighted by Gasteiger charge is 2.29. The summed E-state index contributed by atoms with van der Waals surface area (Å²) in [7, 11) is 0. The molecule has 2 rings (SSSR count). The number of carbonyl (C=O) groups is 1. The molecule has 0 spiro atoms. The van der Waals surface area contributed by atoms with Gasteiger partial charge in [-0.25, -0.2) is 0 Å². The molecule has 3 atom stereocenters. The lowest BCUT2D eigenvalue weighted by atomic mass is 9.71. The summed E-state index contributed by atoms with van der Waals surface area (Å²) in [6.45, 7) is 4.52. The number of hydrogen-bond acceptors (Lipinski definition) is 1. The molecule has 2 aliphatic rings. The van der Waals surface area contributed by atoms with Gasteiger partial charge in [0.15, 0.2) is 5.78 Å². The van der Waals surface area contributed by atoms with Crippen molar-refractivity contribution in [3.05, 3.63) is 23.8 Å². The second-order valence-corrected chi connectivity index (χ2v) is 4.47. The first-order valence-electron chi connectivity index (χ1n) is 5.09. The van der Waals surface area contributed by atoms with Crippen molar-refractivity contribution in [2.75, 3.05) is 0 Å². The molecule has 0 heterocycles. The van der Waals surface area contributed by atoms with Crippen LogP contribution in [0.3, 0.4) is 0 Å². The van der Waals surface area contributed by atoms with Crippen molar-refractivity contribution >= 4 is 5.78 Å². The van der Waals surface area contributed by atoms with Crippen LogP contribution in [-0.4, -0.2) is 5.78 Å². The number of rotatable bonds is 0. The Hall–Kier alpha value is -0.850. The molecule has 0 aromatic carbocycles. The molecule has 0 aliphatic heterocycles. The highest BCUT2D eigenvalue weighted by Crippen LogP contribution is 2.38. The van der Waals surface area contributed by atoms with Gasteiger partial charge in [-0.05, 0) is 35.8 Å². The highest BCUT2D eigenvalue weighted by molar-refractivity contribution is 5.92. The Balaban J connectivity index is 2.31. The van der Waals surface area contributed by atoms with E-state index < -0.39 is 0 Å². The number of carbonyl (C=O) groups excluding carboxylic acids is 1. The van der Waals surface area contributed by atoms with Crippen LogP contribution in [0.25, 0.3) is 0 Å². The summed E-state index contributed by atoms with van der Waals surface area (Å²) in [6, 6.07) is 0. The molecular formula is C12H16O. The predicted molar refractivity (Wildman–Crippen MR) is 53.3 cm³/mol. The molecule has 1 nitrogen and oxygen atoms in total. The molecule has 0 aromatic rings. The first-order chi connectivity index (χ1) is 6.16. The van der Waals surface area contributed by atoms with Crippen LogP contribution in [0.1, 0.15) is 26.7 Å². The first kappa shape index (κ1) is 8.74. The summed E-state index contributed by atoms with van der Waals surface area (Å²) in [5, 5.41) is 0. The van der Waals surface area contributed by atoms with Gasteiger partial charge in [-0.15, -0.1) is 0 Å². The van der Waals surface area contributed by atoms with E-state index in [1.807, 2.05) is 6.08 Å². The first-order valence-corrected chi connectivity index (χ1v) is 5.09. The van der Waals surface area contributed by atoms with Gasteiger partial charge in [0, 0.05) is 6.42 Å². The molecule has 0 radical (unpaired) electrons. The topological polar surface area (TPSA) is 17.1 Å². The third-order valence-electron chi connectivity index (χ3n) is 3.22. The lowest BCUT2D eigenvalue weighted by molar-refractivity contribution is -0.115. The van der Waals surface area contributed by atoms with Crippen LogP contribution in [0, 0.1) is 17.8 Å². The van der Waals surface area contributed by atoms with Crippen LogP contribution in [0.2, 0.25) is 0 Å². The van der Waals surface area contributed by atoms with Crippen molar-refractivity contribution in [1.29, 1.82) is 0 Å². The van der Waals surface area contributed by atoms with Gasteiger partial charge < -0.3 is 0 Å². The van der Waals surface area contributed by atoms with Gasteiger partial charge in [-0.2, -0.15) is 0 Å². The minimum absolute atomic E-state index is 0.295. The lowest BCUT2D eigenvalue weighted by Gasteiger charge is -2.33. The summed E-state index contributed by atoms with van der Waals surface area (Å²) in [5.74, 6) is 2.15. The van der Waals surface area contributed by atoms with Crippen LogP contribution in [-0.2, 0) is 4.79 Å². The van der Waals surface area contributed by atoms with Crippen molar-refractivity contribution in [2.24, 2.45) is 17.8 Å². The molecule has 0 saturated carbocycles. The van der Waals surface area contributed by atoms with Gasteiger partial charge >= 0.3 is 0 Å². The molecule has 70 valence electrons. The molecular weight excluding hydrogens is 160 g/mol. The molecule has 0 aromatic heterocycles. The van der Waals surface area contributed by atoms with Crippen molar-refractivity contribution in [2.45, 2.75) is 26.7 Å². The monoisotopic (exact) mass is 176 g/mol. The fraction of sp³-hybridized carbons (Fsp3) is 0.583. The van der Waals surface area contributed by atoms with Crippen molar-refractivity contribution in [3.8, 4) is 0 Å². The van der Waals surface area contributed by atoms with Gasteiger partial charge in [0.05, 0.1) is 0 Å². The summed E-state index contributed by atoms with van der Waals surface area (Å²) in [5.41, 5.74) is 1.39. The van der Waals surface area contributed by atoms with Crippen molar-refractivity contribution < 1.29 is 4.79 Å². The molecule has 13 heavy (non-hydrogen) atoms. The minimum Gasteiger partial charge on any atom is -0.295 e. The maximum Gasteiger partial charge on any atom is 0.156 e. The second kappa shape index (κ2) is 3.13. The zero-order chi connectivity index (χ0) is 9.42. The number of allylic oxidation sites excluding steroid dienone is 4. The van der Waals surface area contributed by atoms with E-state index in [1.165, 1.54) is 12.0 Å². The Bertz CT molecular complexity index is 285. The maximum atomic E-state index is 11.2. The Morgan fingerprint density at radius 1 is 1.31 bits per heavy atom. The zero-order valence-electron chi connectivity index (χ0n) is 8.29. The van der Waals surface area contributed by atoms with E-state index in [-0.39, 0.29) is 0 Å². The van der Waals surface area contributed by atoms with Crippen LogP contribution in [0.4, 0.5) is 0 Å². The molecule has 0 amide bonds. The molecule has 1 heteroatoms. The van der Waals surface area contributed by atoms with E-state index in [2.05, 4.69) is 19.9 Å². The van der Waals surface area contributed by atoms with Gasteiger partial charge in [-0.3, -0.25) is 4.79 Å². The van der Waals surface area contributed by atoms with Gasteiger partial charge in [0.2, 0.25) is 0 Å². The average molecular weight is 176 g/mol. The Morgan fingerprint density at radius 3 is 2.85 bits per heavy atom. The molecule has 0 saturated heterocycles. The smallest absolute Gasteiger partial charge is 0.156 e. The van der Waals surface area contributed by atoms with E-state index >= 15 is 0 Å². The summed E-state index contributed by atoms with van der Waals surface area (Å²) < 4.78 is 0. The number of fused-ring (bicyclic) bond motifs is 1. The Labute approximate surface area is 79.5 Å². The second-order valence-electron chi connectivity index (χ2n) is 4.47. The van der Waals surface area contributed by atoms with Gasteiger partial charge in [0.25, 0.3) is 0 Å². The third kappa shape index (κ3) is 1.60. The quantitative estimate of drug-likeness (QED) is 0.554. The summed E-state index contributed by atoms with van der Waals surface area (Å²) >= 11 is 0. The summed E-state index contributed by atoms with van der Waals surface area (Å²) in [4.78, 5) is 11.2. The average Bonchev–Trinajstić information content (AvgIpc) is 2.06. The highest BCUT2D eigenvalue weighted by atomic mass is 16.1. The van der Waals surface area contributed by atoms with Gasteiger partial charge in [0.1, 0.15) is 0 Å². The molecule has 2 aliphatic carbocycles. The molecule has 0 bridgehead atoms. The number of hydrogen-bond donors (Lipinski definition) is 0. The Kier molecular flexibility index (Phi) is 2.10. The van der Waals surface area contributed by atoms with Crippen LogP contribution in [0.5, 0.6) is 0 Å². The van der Waals surface area contributed by atoms with Crippen LogP contribution >= 0.6 is 0 Å². The molecule has 0 fully saturated rings. The zero-order valence-corrected chi connectivity index (χ0v) is 8.29. The van der Waals surface area contributed by atoms with E-state index in [0.717, 1.165) is 6.42 Å².